The fourth-order valence-corrected chi connectivity index (χ4v) is 5.32. The first kappa shape index (κ1) is 19.7. The van der Waals surface area contributed by atoms with Gasteiger partial charge in [-0.2, -0.15) is 0 Å². The summed E-state index contributed by atoms with van der Waals surface area (Å²) in [6, 6.07) is 10.3. The smallest absolute Gasteiger partial charge is 0.335 e. The summed E-state index contributed by atoms with van der Waals surface area (Å²) in [5.74, 6) is 0.414. The number of H-pyrrole nitrogens is 1. The number of ether oxygens (including phenoxy) is 1. The van der Waals surface area contributed by atoms with Crippen LogP contribution in [0.5, 0.6) is 5.75 Å². The Balaban J connectivity index is 1.33. The molecule has 4 rings (SSSR count). The summed E-state index contributed by atoms with van der Waals surface area (Å²) in [6.45, 7) is 0.493. The molecule has 0 saturated heterocycles. The lowest BCUT2D eigenvalue weighted by atomic mass is 10.2. The van der Waals surface area contributed by atoms with Gasteiger partial charge in [0.05, 0.1) is 17.6 Å². The van der Waals surface area contributed by atoms with Gasteiger partial charge < -0.3 is 14.8 Å². The molecule has 2 N–H and O–H groups in total. The number of thiophene rings is 2. The van der Waals surface area contributed by atoms with Crippen molar-refractivity contribution in [3.8, 4) is 16.2 Å². The van der Waals surface area contributed by atoms with Gasteiger partial charge in [0, 0.05) is 21.6 Å². The second kappa shape index (κ2) is 8.81. The number of carboxylic acid groups (broad SMARTS) is 1. The first-order valence-electron chi connectivity index (χ1n) is 8.76. The third-order valence-electron chi connectivity index (χ3n) is 4.11. The Hall–Kier alpha value is -2.62. The zero-order valence-electron chi connectivity index (χ0n) is 15.1. The molecule has 0 spiro atoms. The molecule has 3 aromatic heterocycles. The number of benzene rings is 1. The van der Waals surface area contributed by atoms with Gasteiger partial charge in [0.15, 0.2) is 5.16 Å². The molecule has 0 bridgehead atoms. The van der Waals surface area contributed by atoms with Gasteiger partial charge in [-0.25, -0.2) is 9.78 Å². The first-order chi connectivity index (χ1) is 14.1. The first-order valence-corrected chi connectivity index (χ1v) is 11.5. The third-order valence-corrected chi connectivity index (χ3v) is 6.84. The molecule has 29 heavy (non-hydrogen) atoms. The highest BCUT2D eigenvalue weighted by molar-refractivity contribution is 7.99. The molecular formula is C20H16N2O4S3. The molecule has 4 aromatic rings. The predicted molar refractivity (Wildman–Crippen MR) is 118 cm³/mol. The zero-order chi connectivity index (χ0) is 20.2. The largest absolute Gasteiger partial charge is 0.494 e. The molecule has 9 heteroatoms. The van der Waals surface area contributed by atoms with Gasteiger partial charge in [-0.3, -0.25) is 4.79 Å². The molecular weight excluding hydrogens is 428 g/mol. The van der Waals surface area contributed by atoms with Crippen molar-refractivity contribution in [3.05, 3.63) is 63.1 Å². The summed E-state index contributed by atoms with van der Waals surface area (Å²) in [6.07, 6.45) is 0.762. The third kappa shape index (κ3) is 4.52. The van der Waals surface area contributed by atoms with Crippen LogP contribution in [0.2, 0.25) is 0 Å². The minimum absolute atomic E-state index is 0.114. The Kier molecular flexibility index (Phi) is 5.98. The molecule has 0 aliphatic rings. The quantitative estimate of drug-likeness (QED) is 0.226. The van der Waals surface area contributed by atoms with Gasteiger partial charge in [0.1, 0.15) is 10.6 Å². The van der Waals surface area contributed by atoms with Crippen molar-refractivity contribution in [2.45, 2.75) is 11.6 Å². The molecule has 0 atom stereocenters. The summed E-state index contributed by atoms with van der Waals surface area (Å²) < 4.78 is 5.62. The molecule has 1 aromatic carbocycles. The second-order valence-corrected chi connectivity index (χ2v) is 8.95. The van der Waals surface area contributed by atoms with E-state index in [2.05, 4.69) is 9.97 Å². The minimum Gasteiger partial charge on any atom is -0.494 e. The molecule has 148 valence electrons. The van der Waals surface area contributed by atoms with Crippen LogP contribution in [0, 0.1) is 0 Å². The minimum atomic E-state index is -0.959. The summed E-state index contributed by atoms with van der Waals surface area (Å²) in [5.41, 5.74) is 1.05. The summed E-state index contributed by atoms with van der Waals surface area (Å²) >= 11 is 4.57. The van der Waals surface area contributed by atoms with Crippen LogP contribution in [0.1, 0.15) is 16.8 Å². The number of aromatic amines is 1. The number of thioether (sulfide) groups is 1. The number of carbonyl (C=O) groups is 1. The highest BCUT2D eigenvalue weighted by atomic mass is 32.2. The Morgan fingerprint density at radius 2 is 2.03 bits per heavy atom. The topological polar surface area (TPSA) is 92.3 Å². The Labute approximate surface area is 178 Å². The van der Waals surface area contributed by atoms with Crippen LogP contribution in [0.4, 0.5) is 0 Å². The standard InChI is InChI=1S/C20H16N2O4S3/c23-17-16-14(15-3-1-9-27-15)11-29-18(16)22-20(21-17)28-10-2-8-26-13-6-4-12(5-7-13)19(24)25/h1,3-7,9,11H,2,8,10H2,(H,24,25)(H,21,22,23). The van der Waals surface area contributed by atoms with Crippen LogP contribution in [0.3, 0.4) is 0 Å². The van der Waals surface area contributed by atoms with Crippen molar-refractivity contribution in [1.82, 2.24) is 9.97 Å². The van der Waals surface area contributed by atoms with E-state index in [4.69, 9.17) is 9.84 Å². The number of hydrogen-bond acceptors (Lipinski definition) is 7. The van der Waals surface area contributed by atoms with Crippen molar-refractivity contribution in [2.75, 3.05) is 12.4 Å². The van der Waals surface area contributed by atoms with Crippen molar-refractivity contribution in [1.29, 1.82) is 0 Å². The maximum Gasteiger partial charge on any atom is 0.335 e. The van der Waals surface area contributed by atoms with Gasteiger partial charge in [-0.15, -0.1) is 22.7 Å². The van der Waals surface area contributed by atoms with E-state index in [1.165, 1.54) is 35.2 Å². The SMILES string of the molecule is O=C(O)c1ccc(OCCCSc2nc3scc(-c4cccs4)c3c(=O)[nH]2)cc1. The summed E-state index contributed by atoms with van der Waals surface area (Å²) in [4.78, 5) is 32.7. The molecule has 3 heterocycles. The van der Waals surface area contributed by atoms with Crippen LogP contribution < -0.4 is 10.3 Å². The number of fused-ring (bicyclic) bond motifs is 1. The highest BCUT2D eigenvalue weighted by Gasteiger charge is 2.13. The molecule has 0 aliphatic heterocycles. The number of aromatic nitrogens is 2. The molecule has 0 radical (unpaired) electrons. The van der Waals surface area contributed by atoms with Gasteiger partial charge >= 0.3 is 5.97 Å². The van der Waals surface area contributed by atoms with E-state index in [0.717, 1.165) is 27.4 Å². The van der Waals surface area contributed by atoms with E-state index in [1.54, 1.807) is 23.5 Å². The van der Waals surface area contributed by atoms with Crippen molar-refractivity contribution < 1.29 is 14.6 Å². The maximum absolute atomic E-state index is 12.6. The predicted octanol–water partition coefficient (Wildman–Crippen LogP) is 4.97. The van der Waals surface area contributed by atoms with E-state index in [-0.39, 0.29) is 11.1 Å². The Morgan fingerprint density at radius 1 is 1.21 bits per heavy atom. The average Bonchev–Trinajstić information content (AvgIpc) is 3.38. The summed E-state index contributed by atoms with van der Waals surface area (Å²) in [5, 5.41) is 14.1. The lowest BCUT2D eigenvalue weighted by Gasteiger charge is -2.06. The van der Waals surface area contributed by atoms with E-state index in [0.29, 0.717) is 22.9 Å². The van der Waals surface area contributed by atoms with Crippen LogP contribution in [0.25, 0.3) is 20.7 Å². The number of aromatic carboxylic acids is 1. The molecule has 0 fully saturated rings. The lowest BCUT2D eigenvalue weighted by Crippen LogP contribution is -2.09. The highest BCUT2D eigenvalue weighted by Crippen LogP contribution is 2.34. The van der Waals surface area contributed by atoms with E-state index in [1.807, 2.05) is 22.9 Å². The van der Waals surface area contributed by atoms with E-state index in [9.17, 15) is 9.59 Å². The molecule has 0 aliphatic carbocycles. The Morgan fingerprint density at radius 3 is 2.76 bits per heavy atom. The normalized spacial score (nSPS) is 11.0. The van der Waals surface area contributed by atoms with Gasteiger partial charge in [0.25, 0.3) is 5.56 Å². The van der Waals surface area contributed by atoms with E-state index < -0.39 is 5.97 Å². The van der Waals surface area contributed by atoms with Crippen LogP contribution in [-0.4, -0.2) is 33.4 Å². The van der Waals surface area contributed by atoms with Crippen molar-refractivity contribution in [2.24, 2.45) is 0 Å². The van der Waals surface area contributed by atoms with Crippen LogP contribution in [-0.2, 0) is 0 Å². The molecule has 0 amide bonds. The maximum atomic E-state index is 12.6. The van der Waals surface area contributed by atoms with Crippen LogP contribution >= 0.6 is 34.4 Å². The van der Waals surface area contributed by atoms with Crippen LogP contribution in [0.15, 0.2) is 57.1 Å². The van der Waals surface area contributed by atoms with E-state index >= 15 is 0 Å². The molecule has 0 saturated carbocycles. The fourth-order valence-electron chi connectivity index (χ4n) is 2.72. The lowest BCUT2D eigenvalue weighted by molar-refractivity contribution is 0.0697. The van der Waals surface area contributed by atoms with Crippen molar-refractivity contribution in [3.63, 3.8) is 0 Å². The fraction of sp³-hybridized carbons (Fsp3) is 0.150. The second-order valence-electron chi connectivity index (χ2n) is 6.06. The molecule has 6 nitrogen and oxygen atoms in total. The van der Waals surface area contributed by atoms with Gasteiger partial charge in [-0.1, -0.05) is 17.8 Å². The molecule has 0 unspecified atom stereocenters. The number of rotatable bonds is 8. The summed E-state index contributed by atoms with van der Waals surface area (Å²) in [7, 11) is 0. The average molecular weight is 445 g/mol. The van der Waals surface area contributed by atoms with Crippen molar-refractivity contribution >= 4 is 50.6 Å². The number of nitrogens with zero attached hydrogens (tertiary/aromatic N) is 1. The monoisotopic (exact) mass is 444 g/mol. The van der Waals surface area contributed by atoms with Gasteiger partial charge in [0.2, 0.25) is 0 Å². The number of hydrogen-bond donors (Lipinski definition) is 2. The number of nitrogens with one attached hydrogen (secondary N) is 1. The Bertz CT molecular complexity index is 1180. The van der Waals surface area contributed by atoms with Gasteiger partial charge in [-0.05, 0) is 42.1 Å². The zero-order valence-corrected chi connectivity index (χ0v) is 17.5. The number of carboxylic acids is 1.